The summed E-state index contributed by atoms with van der Waals surface area (Å²) in [5.41, 5.74) is 0. The Morgan fingerprint density at radius 3 is 2.64 bits per heavy atom. The highest BCUT2D eigenvalue weighted by atomic mass is 19.1. The van der Waals surface area contributed by atoms with Crippen molar-refractivity contribution in [3.8, 4) is 0 Å². The summed E-state index contributed by atoms with van der Waals surface area (Å²) in [7, 11) is 0. The van der Waals surface area contributed by atoms with E-state index >= 15 is 0 Å². The minimum Gasteiger partial charge on any atom is -0.394 e. The van der Waals surface area contributed by atoms with Crippen LogP contribution in [0.2, 0.25) is 0 Å². The monoisotopic (exact) mass is 165 g/mol. The maximum Gasteiger partial charge on any atom is 0.255 e. The molecule has 0 aliphatic carbocycles. The molecule has 5 heteroatoms. The van der Waals surface area contributed by atoms with Crippen molar-refractivity contribution in [2.75, 3.05) is 13.3 Å². The van der Waals surface area contributed by atoms with Gasteiger partial charge in [-0.25, -0.2) is 4.39 Å². The van der Waals surface area contributed by atoms with E-state index in [-0.39, 0.29) is 0 Å². The minimum absolute atomic E-state index is 0.416. The predicted molar refractivity (Wildman–Crippen MR) is 33.4 cm³/mol. The fourth-order valence-corrected chi connectivity index (χ4v) is 1.13. The van der Waals surface area contributed by atoms with Crippen LogP contribution in [0, 0.1) is 5.92 Å². The number of nitrogens with one attached hydrogen (secondary N) is 1. The van der Waals surface area contributed by atoms with Gasteiger partial charge >= 0.3 is 0 Å². The minimum atomic E-state index is -1.81. The maximum atomic E-state index is 12.7. The number of aliphatic hydroxyl groups is 1. The fourth-order valence-electron chi connectivity index (χ4n) is 1.13. The van der Waals surface area contributed by atoms with Gasteiger partial charge in [-0.3, -0.25) is 9.18 Å². The molecule has 1 heterocycles. The molecule has 0 aromatic heterocycles. The highest BCUT2D eigenvalue weighted by molar-refractivity contribution is 5.83. The summed E-state index contributed by atoms with van der Waals surface area (Å²) in [4.78, 5) is 10.5. The second kappa shape index (κ2) is 3.13. The molecule has 1 saturated heterocycles. The second-order valence-corrected chi connectivity index (χ2v) is 2.52. The number of halogens is 2. The van der Waals surface area contributed by atoms with Gasteiger partial charge in [-0.1, -0.05) is 0 Å². The molecule has 0 spiro atoms. The number of carbonyl (C=O) groups is 1. The van der Waals surface area contributed by atoms with Gasteiger partial charge in [-0.15, -0.1) is 0 Å². The maximum absolute atomic E-state index is 12.7. The van der Waals surface area contributed by atoms with E-state index in [0.717, 1.165) is 0 Å². The lowest BCUT2D eigenvalue weighted by atomic mass is 10.0. The van der Waals surface area contributed by atoms with Crippen LogP contribution < -0.4 is 5.32 Å². The number of aliphatic hydroxyl groups excluding tert-OH is 1. The third-order valence-electron chi connectivity index (χ3n) is 1.85. The Morgan fingerprint density at radius 1 is 1.64 bits per heavy atom. The smallest absolute Gasteiger partial charge is 0.255 e. The molecule has 0 unspecified atom stereocenters. The molecule has 3 atom stereocenters. The van der Waals surface area contributed by atoms with Crippen molar-refractivity contribution >= 4 is 5.91 Å². The third kappa shape index (κ3) is 1.33. The third-order valence-corrected chi connectivity index (χ3v) is 1.85. The average molecular weight is 165 g/mol. The largest absolute Gasteiger partial charge is 0.394 e. The molecule has 1 fully saturated rings. The normalized spacial score (nSPS) is 37.4. The Kier molecular flexibility index (Phi) is 2.38. The van der Waals surface area contributed by atoms with Crippen LogP contribution in [0.1, 0.15) is 0 Å². The number of rotatable bonds is 2. The molecule has 11 heavy (non-hydrogen) atoms. The first-order chi connectivity index (χ1) is 5.20. The van der Waals surface area contributed by atoms with Crippen LogP contribution in [0.25, 0.3) is 0 Å². The van der Waals surface area contributed by atoms with Crippen LogP contribution in [0.5, 0.6) is 0 Å². The van der Waals surface area contributed by atoms with Gasteiger partial charge < -0.3 is 10.4 Å². The van der Waals surface area contributed by atoms with E-state index in [4.69, 9.17) is 5.11 Å². The van der Waals surface area contributed by atoms with Gasteiger partial charge in [0.2, 0.25) is 0 Å². The van der Waals surface area contributed by atoms with E-state index < -0.39 is 37.3 Å². The van der Waals surface area contributed by atoms with E-state index in [1.165, 1.54) is 0 Å². The van der Waals surface area contributed by atoms with Gasteiger partial charge in [0.15, 0.2) is 6.17 Å². The lowest BCUT2D eigenvalue weighted by molar-refractivity contribution is -0.124. The molecule has 0 aromatic rings. The lowest BCUT2D eigenvalue weighted by Crippen LogP contribution is -2.33. The number of carbonyl (C=O) groups excluding carboxylic acids is 1. The second-order valence-electron chi connectivity index (χ2n) is 2.52. The van der Waals surface area contributed by atoms with Crippen LogP contribution >= 0.6 is 0 Å². The van der Waals surface area contributed by atoms with E-state index in [1.54, 1.807) is 0 Å². The highest BCUT2D eigenvalue weighted by Gasteiger charge is 2.42. The molecule has 1 amide bonds. The lowest BCUT2D eigenvalue weighted by Gasteiger charge is -2.12. The summed E-state index contributed by atoms with van der Waals surface area (Å²) in [5.74, 6) is -1.85. The van der Waals surface area contributed by atoms with Gasteiger partial charge in [0, 0.05) is 0 Å². The summed E-state index contributed by atoms with van der Waals surface area (Å²) in [6.07, 6.45) is -1.81. The molecule has 64 valence electrons. The first-order valence-corrected chi connectivity index (χ1v) is 3.32. The standard InChI is InChI=1S/C6H9F2NO2/c7-1-3-4(2-10)9-6(11)5(3)8/h3-5,10H,1-2H2,(H,9,11)/t3-,4+,5-/m0/s1. The van der Waals surface area contributed by atoms with E-state index in [9.17, 15) is 13.6 Å². The molecule has 0 bridgehead atoms. The van der Waals surface area contributed by atoms with Crippen LogP contribution in [0.3, 0.4) is 0 Å². The zero-order chi connectivity index (χ0) is 8.43. The van der Waals surface area contributed by atoms with Crippen molar-refractivity contribution in [1.82, 2.24) is 5.32 Å². The van der Waals surface area contributed by atoms with E-state index in [0.29, 0.717) is 0 Å². The first kappa shape index (κ1) is 8.39. The number of amides is 1. The number of alkyl halides is 2. The van der Waals surface area contributed by atoms with Gasteiger partial charge in [0.05, 0.1) is 25.2 Å². The van der Waals surface area contributed by atoms with E-state index in [2.05, 4.69) is 5.32 Å². The van der Waals surface area contributed by atoms with Crippen molar-refractivity contribution in [3.05, 3.63) is 0 Å². The molecule has 0 aromatic carbocycles. The van der Waals surface area contributed by atoms with Gasteiger partial charge in [0.25, 0.3) is 5.91 Å². The molecule has 1 rings (SSSR count). The zero-order valence-corrected chi connectivity index (χ0v) is 5.76. The van der Waals surface area contributed by atoms with Crippen LogP contribution in [0.4, 0.5) is 8.78 Å². The molecule has 2 N–H and O–H groups in total. The highest BCUT2D eigenvalue weighted by Crippen LogP contribution is 2.20. The topological polar surface area (TPSA) is 49.3 Å². The van der Waals surface area contributed by atoms with Gasteiger partial charge in [0.1, 0.15) is 0 Å². The Morgan fingerprint density at radius 2 is 2.27 bits per heavy atom. The number of hydrogen-bond donors (Lipinski definition) is 2. The summed E-state index contributed by atoms with van der Waals surface area (Å²) in [6.45, 7) is -1.34. The summed E-state index contributed by atoms with van der Waals surface area (Å²) in [5, 5.41) is 10.7. The van der Waals surface area contributed by atoms with Gasteiger partial charge in [-0.05, 0) is 0 Å². The summed E-state index contributed by atoms with van der Waals surface area (Å²) < 4.78 is 24.7. The van der Waals surface area contributed by atoms with Crippen molar-refractivity contribution < 1.29 is 18.7 Å². The Bertz CT molecular complexity index is 165. The van der Waals surface area contributed by atoms with Crippen LogP contribution in [0.15, 0.2) is 0 Å². The SMILES string of the molecule is O=C1N[C@H](CO)[C@H](CF)[C@@H]1F. The molecule has 0 saturated carbocycles. The average Bonchev–Trinajstić information content (AvgIpc) is 2.28. The zero-order valence-electron chi connectivity index (χ0n) is 5.76. The Labute approximate surface area is 62.4 Å². The Balaban J connectivity index is 2.64. The van der Waals surface area contributed by atoms with Crippen molar-refractivity contribution in [2.24, 2.45) is 5.92 Å². The Hall–Kier alpha value is -0.710. The molecule has 0 radical (unpaired) electrons. The molecular formula is C6H9F2NO2. The molecular weight excluding hydrogens is 156 g/mol. The van der Waals surface area contributed by atoms with Crippen molar-refractivity contribution in [2.45, 2.75) is 12.2 Å². The molecule has 1 aliphatic heterocycles. The fraction of sp³-hybridized carbons (Fsp3) is 0.833. The van der Waals surface area contributed by atoms with Crippen molar-refractivity contribution in [3.63, 3.8) is 0 Å². The molecule has 1 aliphatic rings. The number of hydrogen-bond acceptors (Lipinski definition) is 2. The summed E-state index contributed by atoms with van der Waals surface area (Å²) in [6, 6.07) is -0.762. The van der Waals surface area contributed by atoms with Crippen LogP contribution in [-0.2, 0) is 4.79 Å². The quantitative estimate of drug-likeness (QED) is 0.574. The van der Waals surface area contributed by atoms with Crippen molar-refractivity contribution in [1.29, 1.82) is 0 Å². The van der Waals surface area contributed by atoms with Crippen LogP contribution in [-0.4, -0.2) is 36.5 Å². The summed E-state index contributed by atoms with van der Waals surface area (Å²) >= 11 is 0. The van der Waals surface area contributed by atoms with Gasteiger partial charge in [-0.2, -0.15) is 0 Å². The van der Waals surface area contributed by atoms with E-state index in [1.807, 2.05) is 0 Å². The first-order valence-electron chi connectivity index (χ1n) is 3.32. The molecule has 3 nitrogen and oxygen atoms in total. The predicted octanol–water partition coefficient (Wildman–Crippen LogP) is -0.599.